The van der Waals surface area contributed by atoms with Crippen molar-refractivity contribution in [3.05, 3.63) is 71.8 Å². The van der Waals surface area contributed by atoms with Crippen LogP contribution in [-0.4, -0.2) is 5.16 Å². The lowest BCUT2D eigenvalue weighted by Gasteiger charge is -2.45. The maximum Gasteiger partial charge on any atom is -0.00651 e. The molecule has 1 saturated carbocycles. The molecule has 25 heavy (non-hydrogen) atoms. The van der Waals surface area contributed by atoms with Crippen LogP contribution in [0, 0.1) is 0 Å². The molecule has 0 amide bonds. The fourth-order valence-corrected chi connectivity index (χ4v) is 7.95. The van der Waals surface area contributed by atoms with Crippen molar-refractivity contribution in [2.45, 2.75) is 75.8 Å². The largest absolute Gasteiger partial charge is 0.0914 e. The van der Waals surface area contributed by atoms with Crippen LogP contribution in [-0.2, 0) is 12.3 Å². The van der Waals surface area contributed by atoms with Crippen molar-refractivity contribution in [2.24, 2.45) is 0 Å². The molecule has 0 saturated heterocycles. The Morgan fingerprint density at radius 2 is 1.28 bits per heavy atom. The van der Waals surface area contributed by atoms with Crippen LogP contribution in [0.5, 0.6) is 0 Å². The minimum Gasteiger partial charge on any atom is -0.0914 e. The van der Waals surface area contributed by atoms with E-state index in [1.54, 1.807) is 11.1 Å². The fourth-order valence-electron chi connectivity index (χ4n) is 4.44. The van der Waals surface area contributed by atoms with Crippen LogP contribution < -0.4 is 0 Å². The summed E-state index contributed by atoms with van der Waals surface area (Å²) in [6, 6.07) is 22.5. The molecular formula is C24H33P. The molecule has 0 bridgehead atoms. The lowest BCUT2D eigenvalue weighted by atomic mass is 9.84. The second-order valence-corrected chi connectivity index (χ2v) is 10.4. The molecule has 0 N–H and O–H groups in total. The molecule has 1 heteroatoms. The summed E-state index contributed by atoms with van der Waals surface area (Å²) in [6.07, 6.45) is 14.1. The molecule has 2 aromatic carbocycles. The Bertz CT molecular complexity index is 557. The molecule has 1 aliphatic rings. The van der Waals surface area contributed by atoms with E-state index in [9.17, 15) is 0 Å². The van der Waals surface area contributed by atoms with Gasteiger partial charge in [-0.2, -0.15) is 0 Å². The zero-order chi connectivity index (χ0) is 17.4. The molecule has 3 rings (SSSR count). The first-order valence-corrected chi connectivity index (χ1v) is 11.9. The van der Waals surface area contributed by atoms with Gasteiger partial charge in [0.1, 0.15) is 0 Å². The van der Waals surface area contributed by atoms with E-state index in [2.05, 4.69) is 67.6 Å². The van der Waals surface area contributed by atoms with Gasteiger partial charge in [-0.25, -0.2) is 0 Å². The third kappa shape index (κ3) is 5.18. The average Bonchev–Trinajstić information content (AvgIpc) is 2.68. The highest BCUT2D eigenvalue weighted by Crippen LogP contribution is 2.62. The molecule has 0 heterocycles. The van der Waals surface area contributed by atoms with E-state index in [0.29, 0.717) is 5.16 Å². The first-order valence-electron chi connectivity index (χ1n) is 10.2. The van der Waals surface area contributed by atoms with E-state index in [1.807, 2.05) is 0 Å². The average molecular weight is 353 g/mol. The first-order chi connectivity index (χ1) is 12.3. The number of rotatable bonds is 8. The standard InChI is InChI=1S/C24H33P/c1-2-3-17-24(18-11-6-12-19-24)25(20-22-13-7-4-8-14-22)21-23-15-9-5-10-16-23/h4-5,7-10,13-16H,2-3,6,11-12,17-21H2,1H3. The van der Waals surface area contributed by atoms with Crippen molar-refractivity contribution in [1.29, 1.82) is 0 Å². The fraction of sp³-hybridized carbons (Fsp3) is 0.500. The van der Waals surface area contributed by atoms with Crippen LogP contribution in [0.3, 0.4) is 0 Å². The van der Waals surface area contributed by atoms with Gasteiger partial charge in [0.15, 0.2) is 0 Å². The lowest BCUT2D eigenvalue weighted by Crippen LogP contribution is -2.31. The minimum atomic E-state index is -0.0273. The van der Waals surface area contributed by atoms with Gasteiger partial charge in [0.25, 0.3) is 0 Å². The molecule has 0 nitrogen and oxygen atoms in total. The van der Waals surface area contributed by atoms with Crippen LogP contribution in [0.15, 0.2) is 60.7 Å². The number of hydrogen-bond acceptors (Lipinski definition) is 0. The third-order valence-corrected chi connectivity index (χ3v) is 9.39. The first kappa shape index (κ1) is 18.7. The van der Waals surface area contributed by atoms with Crippen molar-refractivity contribution < 1.29 is 0 Å². The predicted molar refractivity (Wildman–Crippen MR) is 113 cm³/mol. The van der Waals surface area contributed by atoms with Crippen molar-refractivity contribution in [2.75, 3.05) is 0 Å². The highest BCUT2D eigenvalue weighted by molar-refractivity contribution is 7.57. The molecule has 0 radical (unpaired) electrons. The van der Waals surface area contributed by atoms with Gasteiger partial charge in [-0.05, 0) is 47.9 Å². The van der Waals surface area contributed by atoms with Gasteiger partial charge < -0.3 is 0 Å². The van der Waals surface area contributed by atoms with Crippen LogP contribution >= 0.6 is 7.92 Å². The van der Waals surface area contributed by atoms with Crippen molar-refractivity contribution >= 4 is 7.92 Å². The van der Waals surface area contributed by atoms with E-state index in [4.69, 9.17) is 0 Å². The Morgan fingerprint density at radius 3 is 1.76 bits per heavy atom. The maximum absolute atomic E-state index is 2.35. The zero-order valence-corrected chi connectivity index (χ0v) is 16.7. The van der Waals surface area contributed by atoms with E-state index in [-0.39, 0.29) is 7.92 Å². The number of benzene rings is 2. The molecule has 134 valence electrons. The van der Waals surface area contributed by atoms with Gasteiger partial charge >= 0.3 is 0 Å². The second kappa shape index (κ2) is 9.54. The van der Waals surface area contributed by atoms with Gasteiger partial charge in [0.05, 0.1) is 0 Å². The summed E-state index contributed by atoms with van der Waals surface area (Å²) in [6.45, 7) is 2.35. The van der Waals surface area contributed by atoms with Crippen LogP contribution in [0.25, 0.3) is 0 Å². The van der Waals surface area contributed by atoms with Crippen LogP contribution in [0.1, 0.15) is 69.4 Å². The normalized spacial score (nSPS) is 16.9. The van der Waals surface area contributed by atoms with Crippen LogP contribution in [0.4, 0.5) is 0 Å². The van der Waals surface area contributed by atoms with Gasteiger partial charge in [0.2, 0.25) is 0 Å². The van der Waals surface area contributed by atoms with E-state index < -0.39 is 0 Å². The lowest BCUT2D eigenvalue weighted by molar-refractivity contribution is 0.361. The quantitative estimate of drug-likeness (QED) is 0.426. The summed E-state index contributed by atoms with van der Waals surface area (Å²) in [5.41, 5.74) is 3.09. The second-order valence-electron chi connectivity index (χ2n) is 7.72. The SMILES string of the molecule is CCCCC1(P(Cc2ccccc2)Cc2ccccc2)CCCCC1. The summed E-state index contributed by atoms with van der Waals surface area (Å²) < 4.78 is 0. The number of hydrogen-bond donors (Lipinski definition) is 0. The monoisotopic (exact) mass is 352 g/mol. The van der Waals surface area contributed by atoms with Gasteiger partial charge in [-0.15, -0.1) is 0 Å². The summed E-state index contributed by atoms with van der Waals surface area (Å²) in [4.78, 5) is 0. The van der Waals surface area contributed by atoms with Crippen molar-refractivity contribution in [3.8, 4) is 0 Å². The molecule has 0 spiro atoms. The van der Waals surface area contributed by atoms with E-state index in [0.717, 1.165) is 0 Å². The van der Waals surface area contributed by atoms with E-state index in [1.165, 1.54) is 63.7 Å². The van der Waals surface area contributed by atoms with Gasteiger partial charge in [-0.3, -0.25) is 0 Å². The Labute approximate surface area is 155 Å². The Kier molecular flexibility index (Phi) is 7.12. The molecular weight excluding hydrogens is 319 g/mol. The highest BCUT2D eigenvalue weighted by Gasteiger charge is 2.38. The van der Waals surface area contributed by atoms with Crippen molar-refractivity contribution in [1.82, 2.24) is 0 Å². The van der Waals surface area contributed by atoms with Gasteiger partial charge in [0, 0.05) is 0 Å². The molecule has 0 aliphatic heterocycles. The third-order valence-electron chi connectivity index (χ3n) is 5.88. The van der Waals surface area contributed by atoms with Gasteiger partial charge in [-0.1, -0.05) is 108 Å². The molecule has 0 unspecified atom stereocenters. The minimum absolute atomic E-state index is 0.0273. The maximum atomic E-state index is 2.35. The Morgan fingerprint density at radius 1 is 0.760 bits per heavy atom. The summed E-state index contributed by atoms with van der Waals surface area (Å²) >= 11 is 0. The summed E-state index contributed by atoms with van der Waals surface area (Å²) in [5, 5.41) is 0.620. The zero-order valence-electron chi connectivity index (χ0n) is 15.8. The molecule has 0 aromatic heterocycles. The summed E-state index contributed by atoms with van der Waals surface area (Å²) in [5.74, 6) is 0. The predicted octanol–water partition coefficient (Wildman–Crippen LogP) is 7.76. The van der Waals surface area contributed by atoms with E-state index >= 15 is 0 Å². The molecule has 1 aliphatic carbocycles. The molecule has 0 atom stereocenters. The van der Waals surface area contributed by atoms with Crippen LogP contribution in [0.2, 0.25) is 0 Å². The topological polar surface area (TPSA) is 0 Å². The smallest absolute Gasteiger partial charge is 0.00651 e. The van der Waals surface area contributed by atoms with Crippen molar-refractivity contribution in [3.63, 3.8) is 0 Å². The highest BCUT2D eigenvalue weighted by atomic mass is 31.1. The summed E-state index contributed by atoms with van der Waals surface area (Å²) in [7, 11) is -0.0273. The number of unbranched alkanes of at least 4 members (excludes halogenated alkanes) is 1. The Balaban J connectivity index is 1.86. The Hall–Kier alpha value is -1.13. The molecule has 1 fully saturated rings. The molecule has 2 aromatic rings.